The number of carbonyl (C=O) groups is 1. The molecule has 0 radical (unpaired) electrons. The predicted molar refractivity (Wildman–Crippen MR) is 117 cm³/mol. The van der Waals surface area contributed by atoms with Crippen LogP contribution in [0.4, 0.5) is 4.39 Å². The van der Waals surface area contributed by atoms with Crippen molar-refractivity contribution >= 4 is 16.9 Å². The fraction of sp³-hybridized carbons (Fsp3) is 0.458. The second kappa shape index (κ2) is 7.94. The number of fused-ring (bicyclic) bond motifs is 1. The largest absolute Gasteiger partial charge is 0.493 e. The van der Waals surface area contributed by atoms with Gasteiger partial charge >= 0.3 is 0 Å². The summed E-state index contributed by atoms with van der Waals surface area (Å²) in [5.74, 6) is 1.12. The first-order valence-corrected chi connectivity index (χ1v) is 11.0. The van der Waals surface area contributed by atoms with E-state index in [0.717, 1.165) is 23.3 Å². The fourth-order valence-corrected chi connectivity index (χ4v) is 4.37. The molecule has 1 amide bonds. The molecule has 0 spiro atoms. The summed E-state index contributed by atoms with van der Waals surface area (Å²) in [6.07, 6.45) is 4.88. The van der Waals surface area contributed by atoms with Gasteiger partial charge in [-0.3, -0.25) is 4.79 Å². The molecule has 2 aliphatic rings. The number of ether oxygens (including phenoxy) is 1. The Hall–Kier alpha value is -2.96. The van der Waals surface area contributed by atoms with Gasteiger partial charge in [0.05, 0.1) is 23.7 Å². The molecule has 0 saturated heterocycles. The van der Waals surface area contributed by atoms with Crippen LogP contribution in [0.2, 0.25) is 0 Å². The number of nitrogens with one attached hydrogen (secondary N) is 2. The Balaban J connectivity index is 1.53. The number of H-pyrrole nitrogens is 1. The van der Waals surface area contributed by atoms with E-state index in [1.807, 2.05) is 32.0 Å². The summed E-state index contributed by atoms with van der Waals surface area (Å²) in [5.41, 5.74) is 5.05. The van der Waals surface area contributed by atoms with Crippen molar-refractivity contribution in [1.82, 2.24) is 20.3 Å². The molecule has 3 aromatic rings. The molecule has 7 heteroatoms. The van der Waals surface area contributed by atoms with Crippen molar-refractivity contribution < 1.29 is 13.9 Å². The molecule has 5 rings (SSSR count). The van der Waals surface area contributed by atoms with Crippen LogP contribution in [0.15, 0.2) is 24.5 Å². The number of alkyl halides is 1. The molecule has 6 nitrogen and oxygen atoms in total. The van der Waals surface area contributed by atoms with Gasteiger partial charge in [0.1, 0.15) is 29.5 Å². The standard InChI is InChI=1S/C24H27FN4O2/c1-13-6-9-19(31-11-15-7-8-15)16(10-13)21-23-22(27-12-26-21)20(14(2)28-23)24(30)29-18-5-3-4-17(18)25/h6,9-10,12,15,17-18,28H,3-5,7-8,11H2,1-2H3,(H,29,30)/t17-,18-/m1/s1. The topological polar surface area (TPSA) is 79.9 Å². The third-order valence-corrected chi connectivity index (χ3v) is 6.31. The minimum absolute atomic E-state index is 0.294. The normalized spacial score (nSPS) is 20.9. The van der Waals surface area contributed by atoms with E-state index < -0.39 is 12.2 Å². The highest BCUT2D eigenvalue weighted by Crippen LogP contribution is 2.37. The highest BCUT2D eigenvalue weighted by Gasteiger charge is 2.30. The molecular weight excluding hydrogens is 395 g/mol. The van der Waals surface area contributed by atoms with Crippen molar-refractivity contribution in [2.75, 3.05) is 6.61 Å². The van der Waals surface area contributed by atoms with Gasteiger partial charge in [-0.15, -0.1) is 0 Å². The monoisotopic (exact) mass is 422 g/mol. The fourth-order valence-electron chi connectivity index (χ4n) is 4.37. The Labute approximate surface area is 180 Å². The van der Waals surface area contributed by atoms with E-state index in [-0.39, 0.29) is 5.91 Å². The lowest BCUT2D eigenvalue weighted by atomic mass is 10.1. The highest BCUT2D eigenvalue weighted by molar-refractivity contribution is 6.09. The van der Waals surface area contributed by atoms with Crippen LogP contribution in [-0.4, -0.2) is 39.7 Å². The lowest BCUT2D eigenvalue weighted by molar-refractivity contribution is 0.0920. The average molecular weight is 423 g/mol. The van der Waals surface area contributed by atoms with Crippen molar-refractivity contribution in [1.29, 1.82) is 0 Å². The second-order valence-electron chi connectivity index (χ2n) is 8.85. The molecule has 2 saturated carbocycles. The molecule has 2 aliphatic carbocycles. The zero-order chi connectivity index (χ0) is 21.5. The van der Waals surface area contributed by atoms with Crippen LogP contribution in [0.3, 0.4) is 0 Å². The molecule has 2 fully saturated rings. The number of benzene rings is 1. The lowest BCUT2D eigenvalue weighted by Crippen LogP contribution is -2.38. The van der Waals surface area contributed by atoms with Crippen LogP contribution in [0.1, 0.15) is 53.7 Å². The van der Waals surface area contributed by atoms with Gasteiger partial charge < -0.3 is 15.0 Å². The number of aryl methyl sites for hydroxylation is 2. The Kier molecular flexibility index (Phi) is 5.12. The number of nitrogens with zero attached hydrogens (tertiary/aromatic N) is 2. The smallest absolute Gasteiger partial charge is 0.255 e. The van der Waals surface area contributed by atoms with Crippen molar-refractivity contribution in [3.05, 3.63) is 41.3 Å². The Morgan fingerprint density at radius 1 is 1.23 bits per heavy atom. The van der Waals surface area contributed by atoms with Crippen molar-refractivity contribution in [2.45, 2.75) is 58.2 Å². The van der Waals surface area contributed by atoms with E-state index in [1.165, 1.54) is 19.2 Å². The van der Waals surface area contributed by atoms with Crippen molar-refractivity contribution in [3.63, 3.8) is 0 Å². The number of halogens is 1. The maximum atomic E-state index is 14.0. The summed E-state index contributed by atoms with van der Waals surface area (Å²) >= 11 is 0. The van der Waals surface area contributed by atoms with Crippen LogP contribution in [0.25, 0.3) is 22.3 Å². The van der Waals surface area contributed by atoms with Crippen LogP contribution < -0.4 is 10.1 Å². The summed E-state index contributed by atoms with van der Waals surface area (Å²) in [6.45, 7) is 4.57. The molecule has 1 aromatic carbocycles. The summed E-state index contributed by atoms with van der Waals surface area (Å²) in [7, 11) is 0. The predicted octanol–water partition coefficient (Wildman–Crippen LogP) is 4.65. The molecule has 2 heterocycles. The maximum absolute atomic E-state index is 14.0. The summed E-state index contributed by atoms with van der Waals surface area (Å²) in [5, 5.41) is 2.86. The van der Waals surface area contributed by atoms with Crippen LogP contribution in [0.5, 0.6) is 5.75 Å². The molecule has 2 N–H and O–H groups in total. The summed E-state index contributed by atoms with van der Waals surface area (Å²) in [6, 6.07) is 5.62. The van der Waals surface area contributed by atoms with Gasteiger partial charge in [-0.25, -0.2) is 14.4 Å². The number of amides is 1. The molecule has 0 bridgehead atoms. The zero-order valence-corrected chi connectivity index (χ0v) is 17.9. The number of hydrogen-bond acceptors (Lipinski definition) is 4. The van der Waals surface area contributed by atoms with Crippen molar-refractivity contribution in [3.8, 4) is 17.0 Å². The quantitative estimate of drug-likeness (QED) is 0.606. The molecule has 162 valence electrons. The first kappa shape index (κ1) is 20.0. The SMILES string of the molecule is Cc1ccc(OCC2CC2)c(-c2ncnc3c(C(=O)N[C@@H]4CCC[C@H]4F)c(C)[nH]c23)c1. The van der Waals surface area contributed by atoms with E-state index in [9.17, 15) is 9.18 Å². The summed E-state index contributed by atoms with van der Waals surface area (Å²) < 4.78 is 20.2. The van der Waals surface area contributed by atoms with Gasteiger partial charge in [0.2, 0.25) is 0 Å². The Morgan fingerprint density at radius 2 is 2.06 bits per heavy atom. The Bertz CT molecular complexity index is 1140. The number of aromatic nitrogens is 3. The molecule has 2 aromatic heterocycles. The number of hydrogen-bond donors (Lipinski definition) is 2. The minimum Gasteiger partial charge on any atom is -0.493 e. The van der Waals surface area contributed by atoms with Gasteiger partial charge in [0.25, 0.3) is 5.91 Å². The van der Waals surface area contributed by atoms with E-state index >= 15 is 0 Å². The molecule has 31 heavy (non-hydrogen) atoms. The minimum atomic E-state index is -0.988. The summed E-state index contributed by atoms with van der Waals surface area (Å²) in [4.78, 5) is 25.3. The van der Waals surface area contributed by atoms with Gasteiger partial charge in [0, 0.05) is 11.3 Å². The number of rotatable bonds is 6. The molecule has 2 atom stereocenters. The van der Waals surface area contributed by atoms with Gasteiger partial charge in [0.15, 0.2) is 0 Å². The number of aromatic amines is 1. The third-order valence-electron chi connectivity index (χ3n) is 6.31. The average Bonchev–Trinajstić information content (AvgIpc) is 3.40. The van der Waals surface area contributed by atoms with E-state index in [0.29, 0.717) is 53.4 Å². The maximum Gasteiger partial charge on any atom is 0.255 e. The zero-order valence-electron chi connectivity index (χ0n) is 17.9. The van der Waals surface area contributed by atoms with Gasteiger partial charge in [-0.05, 0) is 64.0 Å². The highest BCUT2D eigenvalue weighted by atomic mass is 19.1. The first-order chi connectivity index (χ1) is 15.0. The van der Waals surface area contributed by atoms with Crippen molar-refractivity contribution in [2.24, 2.45) is 5.92 Å². The van der Waals surface area contributed by atoms with E-state index in [4.69, 9.17) is 4.74 Å². The number of carbonyl (C=O) groups excluding carboxylic acids is 1. The van der Waals surface area contributed by atoms with Gasteiger partial charge in [-0.1, -0.05) is 11.6 Å². The third kappa shape index (κ3) is 3.89. The van der Waals surface area contributed by atoms with Gasteiger partial charge in [-0.2, -0.15) is 0 Å². The van der Waals surface area contributed by atoms with Crippen LogP contribution in [-0.2, 0) is 0 Å². The molecular formula is C24H27FN4O2. The molecule has 0 aliphatic heterocycles. The second-order valence-corrected chi connectivity index (χ2v) is 8.85. The van der Waals surface area contributed by atoms with E-state index in [1.54, 1.807) is 0 Å². The van der Waals surface area contributed by atoms with E-state index in [2.05, 4.69) is 20.3 Å². The van der Waals surface area contributed by atoms with Crippen LogP contribution in [0, 0.1) is 19.8 Å². The first-order valence-electron chi connectivity index (χ1n) is 11.0. The lowest BCUT2D eigenvalue weighted by Gasteiger charge is -2.15. The van der Waals surface area contributed by atoms with Crippen LogP contribution >= 0.6 is 0 Å². The Morgan fingerprint density at radius 3 is 2.81 bits per heavy atom. The molecule has 0 unspecified atom stereocenters.